The Kier molecular flexibility index (Phi) is 3.61. The number of carbonyl (C=O) groups excluding carboxylic acids is 1. The van der Waals surface area contributed by atoms with Gasteiger partial charge in [0.15, 0.2) is 0 Å². The minimum atomic E-state index is 0.0514. The van der Waals surface area contributed by atoms with Crippen LogP contribution in [0.2, 0.25) is 0 Å². The zero-order valence-electron chi connectivity index (χ0n) is 14.2. The van der Waals surface area contributed by atoms with Gasteiger partial charge in [0.25, 0.3) is 5.91 Å². The van der Waals surface area contributed by atoms with Gasteiger partial charge in [-0.1, -0.05) is 48.6 Å². The lowest BCUT2D eigenvalue weighted by molar-refractivity contribution is 0.0962. The molecule has 26 heavy (non-hydrogen) atoms. The Labute approximate surface area is 156 Å². The monoisotopic (exact) mass is 355 g/mol. The molecule has 0 saturated carbocycles. The number of thiophene rings is 1. The van der Waals surface area contributed by atoms with Crippen LogP contribution in [0.15, 0.2) is 72.1 Å². The second-order valence-corrected chi connectivity index (χ2v) is 7.46. The summed E-state index contributed by atoms with van der Waals surface area (Å²) >= 11 is 1.71. The fourth-order valence-electron chi connectivity index (χ4n) is 3.75. The van der Waals surface area contributed by atoms with Gasteiger partial charge in [-0.2, -0.15) is 0 Å². The van der Waals surface area contributed by atoms with Gasteiger partial charge in [0, 0.05) is 27.1 Å². The summed E-state index contributed by atoms with van der Waals surface area (Å²) in [5.41, 5.74) is 5.19. The normalized spacial score (nSPS) is 13.1. The topological polar surface area (TPSA) is 22.0 Å². The fraction of sp³-hybridized carbons (Fsp3) is 0.0870. The summed E-state index contributed by atoms with van der Waals surface area (Å²) in [5, 5.41) is 3.22. The zero-order valence-corrected chi connectivity index (χ0v) is 15.0. The molecular weight excluding hydrogens is 338 g/mol. The number of rotatable bonds is 2. The van der Waals surface area contributed by atoms with E-state index in [1.807, 2.05) is 53.1 Å². The minimum Gasteiger partial charge on any atom is -0.280 e. The van der Waals surface area contributed by atoms with E-state index in [4.69, 9.17) is 0 Å². The fourth-order valence-corrected chi connectivity index (χ4v) is 4.49. The molecule has 126 valence electrons. The first-order valence-corrected chi connectivity index (χ1v) is 9.68. The predicted molar refractivity (Wildman–Crippen MR) is 109 cm³/mol. The van der Waals surface area contributed by atoms with Crippen molar-refractivity contribution in [2.24, 2.45) is 0 Å². The van der Waals surface area contributed by atoms with E-state index in [9.17, 15) is 4.79 Å². The van der Waals surface area contributed by atoms with Crippen molar-refractivity contribution in [2.75, 3.05) is 0 Å². The lowest BCUT2D eigenvalue weighted by Gasteiger charge is -2.12. The van der Waals surface area contributed by atoms with Gasteiger partial charge in [0.05, 0.1) is 5.52 Å². The molecule has 4 aromatic rings. The van der Waals surface area contributed by atoms with Gasteiger partial charge in [-0.25, -0.2) is 0 Å². The number of allylic oxidation sites excluding steroid dienone is 1. The van der Waals surface area contributed by atoms with E-state index in [-0.39, 0.29) is 5.91 Å². The number of fused-ring (bicyclic) bond motifs is 3. The maximum absolute atomic E-state index is 13.3. The molecule has 0 N–H and O–H groups in total. The third kappa shape index (κ3) is 2.36. The number of carbonyl (C=O) groups is 1. The van der Waals surface area contributed by atoms with Crippen molar-refractivity contribution in [1.82, 2.24) is 4.57 Å². The van der Waals surface area contributed by atoms with E-state index in [0.29, 0.717) is 0 Å². The molecule has 3 heteroatoms. The molecule has 5 rings (SSSR count). The smallest absolute Gasteiger partial charge is 0.262 e. The van der Waals surface area contributed by atoms with Crippen LogP contribution >= 0.6 is 11.3 Å². The summed E-state index contributed by atoms with van der Waals surface area (Å²) < 4.78 is 1.91. The van der Waals surface area contributed by atoms with Crippen LogP contribution in [0.1, 0.15) is 28.0 Å². The Morgan fingerprint density at radius 3 is 2.62 bits per heavy atom. The molecule has 1 aliphatic carbocycles. The predicted octanol–water partition coefficient (Wildman–Crippen LogP) is 6.02. The minimum absolute atomic E-state index is 0.0514. The van der Waals surface area contributed by atoms with Crippen LogP contribution in [-0.2, 0) is 6.42 Å². The standard InChI is InChI=1S/C23H17NOS/c25-23(17-13-11-16(12-14-17)22-10-5-15-26-22)24-20-8-3-1-6-18(20)19-7-2-4-9-21(19)24/h1-3,5-8,10-15H,4,9H2. The average molecular weight is 355 g/mol. The molecule has 0 saturated heterocycles. The lowest BCUT2D eigenvalue weighted by Crippen LogP contribution is -2.15. The highest BCUT2D eigenvalue weighted by atomic mass is 32.1. The van der Waals surface area contributed by atoms with Crippen LogP contribution in [0, 0.1) is 0 Å². The number of hydrogen-bond acceptors (Lipinski definition) is 2. The first kappa shape index (κ1) is 15.4. The maximum Gasteiger partial charge on any atom is 0.262 e. The van der Waals surface area contributed by atoms with Crippen molar-refractivity contribution in [1.29, 1.82) is 0 Å². The Hall–Kier alpha value is -2.91. The first-order chi connectivity index (χ1) is 12.8. The molecule has 0 radical (unpaired) electrons. The highest BCUT2D eigenvalue weighted by Crippen LogP contribution is 2.32. The van der Waals surface area contributed by atoms with Crippen LogP contribution in [0.25, 0.3) is 27.4 Å². The molecule has 0 spiro atoms. The van der Waals surface area contributed by atoms with Crippen molar-refractivity contribution >= 4 is 34.2 Å². The molecule has 0 atom stereocenters. The van der Waals surface area contributed by atoms with Gasteiger partial charge in [-0.15, -0.1) is 11.3 Å². The first-order valence-electron chi connectivity index (χ1n) is 8.80. The molecule has 0 amide bonds. The highest BCUT2D eigenvalue weighted by molar-refractivity contribution is 7.13. The molecule has 2 aromatic carbocycles. The second kappa shape index (κ2) is 6.11. The quantitative estimate of drug-likeness (QED) is 0.431. The molecule has 0 aliphatic heterocycles. The van der Waals surface area contributed by atoms with Gasteiger partial charge >= 0.3 is 0 Å². The van der Waals surface area contributed by atoms with Gasteiger partial charge < -0.3 is 0 Å². The van der Waals surface area contributed by atoms with Crippen LogP contribution in [-0.4, -0.2) is 10.5 Å². The number of aromatic nitrogens is 1. The third-order valence-corrected chi connectivity index (χ3v) is 5.91. The van der Waals surface area contributed by atoms with E-state index in [0.717, 1.165) is 40.6 Å². The molecule has 0 unspecified atom stereocenters. The van der Waals surface area contributed by atoms with E-state index >= 15 is 0 Å². The summed E-state index contributed by atoms with van der Waals surface area (Å²) in [4.78, 5) is 14.6. The molecule has 0 fully saturated rings. The summed E-state index contributed by atoms with van der Waals surface area (Å²) in [6.07, 6.45) is 6.23. The van der Waals surface area contributed by atoms with E-state index < -0.39 is 0 Å². The number of hydrogen-bond donors (Lipinski definition) is 0. The average Bonchev–Trinajstić information content (AvgIpc) is 3.34. The van der Waals surface area contributed by atoms with E-state index in [1.165, 1.54) is 10.4 Å². The van der Waals surface area contributed by atoms with Crippen LogP contribution < -0.4 is 0 Å². The summed E-state index contributed by atoms with van der Waals surface area (Å²) in [6, 6.07) is 20.3. The number of benzene rings is 2. The number of nitrogens with zero attached hydrogens (tertiary/aromatic N) is 1. The summed E-state index contributed by atoms with van der Waals surface area (Å²) in [6.45, 7) is 0. The van der Waals surface area contributed by atoms with Gasteiger partial charge in [-0.05, 0) is 48.1 Å². The molecule has 2 aromatic heterocycles. The van der Waals surface area contributed by atoms with Crippen LogP contribution in [0.3, 0.4) is 0 Å². The SMILES string of the molecule is O=C(c1ccc(-c2cccs2)cc1)n1c2c(c3ccccc31)C=CCC2. The molecule has 1 aliphatic rings. The molecule has 2 heterocycles. The molecule has 2 nitrogen and oxygen atoms in total. The summed E-state index contributed by atoms with van der Waals surface area (Å²) in [7, 11) is 0. The zero-order chi connectivity index (χ0) is 17.5. The third-order valence-electron chi connectivity index (χ3n) is 4.99. The van der Waals surface area contributed by atoms with Crippen molar-refractivity contribution in [3.8, 4) is 10.4 Å². The highest BCUT2D eigenvalue weighted by Gasteiger charge is 2.22. The van der Waals surface area contributed by atoms with Crippen molar-refractivity contribution in [2.45, 2.75) is 12.8 Å². The maximum atomic E-state index is 13.3. The van der Waals surface area contributed by atoms with Crippen LogP contribution in [0.5, 0.6) is 0 Å². The Bertz CT molecular complexity index is 1130. The molecule has 0 bridgehead atoms. The van der Waals surface area contributed by atoms with Crippen LogP contribution in [0.4, 0.5) is 0 Å². The van der Waals surface area contributed by atoms with Crippen molar-refractivity contribution < 1.29 is 4.79 Å². The van der Waals surface area contributed by atoms with Crippen molar-refractivity contribution in [3.05, 3.63) is 88.9 Å². The Morgan fingerprint density at radius 2 is 1.81 bits per heavy atom. The van der Waals surface area contributed by atoms with E-state index in [1.54, 1.807) is 11.3 Å². The summed E-state index contributed by atoms with van der Waals surface area (Å²) in [5.74, 6) is 0.0514. The lowest BCUT2D eigenvalue weighted by atomic mass is 10.0. The Morgan fingerprint density at radius 1 is 0.962 bits per heavy atom. The second-order valence-electron chi connectivity index (χ2n) is 6.51. The Balaban J connectivity index is 1.62. The molecular formula is C23H17NOS. The van der Waals surface area contributed by atoms with Gasteiger partial charge in [0.2, 0.25) is 0 Å². The number of para-hydroxylation sites is 1. The van der Waals surface area contributed by atoms with Crippen molar-refractivity contribution in [3.63, 3.8) is 0 Å². The van der Waals surface area contributed by atoms with Gasteiger partial charge in [0.1, 0.15) is 0 Å². The van der Waals surface area contributed by atoms with E-state index in [2.05, 4.69) is 29.7 Å². The largest absolute Gasteiger partial charge is 0.280 e. The van der Waals surface area contributed by atoms with Gasteiger partial charge in [-0.3, -0.25) is 9.36 Å².